The summed E-state index contributed by atoms with van der Waals surface area (Å²) in [6.45, 7) is 2.41. The summed E-state index contributed by atoms with van der Waals surface area (Å²) in [5.74, 6) is 0.595. The molecule has 0 fully saturated rings. The fourth-order valence-electron chi connectivity index (χ4n) is 1.49. The van der Waals surface area contributed by atoms with Gasteiger partial charge in [0.2, 0.25) is 5.55 Å². The molecule has 0 atom stereocenters. The van der Waals surface area contributed by atoms with Crippen molar-refractivity contribution >= 4 is 11.0 Å². The summed E-state index contributed by atoms with van der Waals surface area (Å²) >= 11 is 0. The molecule has 0 bridgehead atoms. The van der Waals surface area contributed by atoms with Crippen LogP contribution in [0.4, 0.5) is 0 Å². The van der Waals surface area contributed by atoms with E-state index >= 15 is 0 Å². The number of nitrogens with one attached hydrogen (secondary N) is 1. The van der Waals surface area contributed by atoms with Crippen LogP contribution in [0.15, 0.2) is 28.7 Å². The lowest BCUT2D eigenvalue weighted by atomic mass is 10.2. The van der Waals surface area contributed by atoms with Crippen LogP contribution >= 0.6 is 0 Å². The lowest BCUT2D eigenvalue weighted by molar-refractivity contribution is 0.336. The first-order chi connectivity index (χ1) is 7.76. The van der Waals surface area contributed by atoms with E-state index in [1.807, 2.05) is 25.1 Å². The van der Waals surface area contributed by atoms with E-state index in [-0.39, 0.29) is 11.1 Å². The van der Waals surface area contributed by atoms with Gasteiger partial charge in [0, 0.05) is 5.39 Å². The summed E-state index contributed by atoms with van der Waals surface area (Å²) in [6, 6.07) is 8.97. The van der Waals surface area contributed by atoms with Crippen LogP contribution in [0, 0.1) is 16.7 Å². The molecule has 0 radical (unpaired) electrons. The second kappa shape index (κ2) is 4.07. The second-order valence-electron chi connectivity index (χ2n) is 3.21. The third-order valence-corrected chi connectivity index (χ3v) is 2.18. The van der Waals surface area contributed by atoms with E-state index in [2.05, 4.69) is 0 Å². The Kier molecular flexibility index (Phi) is 2.61. The second-order valence-corrected chi connectivity index (χ2v) is 3.21. The third-order valence-electron chi connectivity index (χ3n) is 2.18. The van der Waals surface area contributed by atoms with Crippen molar-refractivity contribution in [3.05, 3.63) is 35.4 Å². The molecule has 2 rings (SSSR count). The van der Waals surface area contributed by atoms with Gasteiger partial charge in [0.25, 0.3) is 0 Å². The van der Waals surface area contributed by atoms with Gasteiger partial charge in [-0.15, -0.1) is 0 Å². The highest BCUT2D eigenvalue weighted by atomic mass is 16.5. The van der Waals surface area contributed by atoms with E-state index in [1.165, 1.54) is 0 Å². The van der Waals surface area contributed by atoms with Crippen molar-refractivity contribution in [2.75, 3.05) is 6.61 Å². The standard InChI is InChI=1S/C12H10N2O2/c1-2-15-10-5-3-4-8-6-9(7-13)12(14)16-11(8)10/h3-6,14H,2H2,1H3. The maximum atomic E-state index is 8.79. The summed E-state index contributed by atoms with van der Waals surface area (Å²) in [6.07, 6.45) is 0. The highest BCUT2D eigenvalue weighted by molar-refractivity contribution is 5.83. The Labute approximate surface area is 92.2 Å². The molecule has 4 heteroatoms. The maximum Gasteiger partial charge on any atom is 0.230 e. The average Bonchev–Trinajstić information content (AvgIpc) is 2.29. The van der Waals surface area contributed by atoms with E-state index in [0.29, 0.717) is 17.9 Å². The predicted octanol–water partition coefficient (Wildman–Crippen LogP) is 2.18. The lowest BCUT2D eigenvalue weighted by Crippen LogP contribution is -2.04. The zero-order valence-corrected chi connectivity index (χ0v) is 8.78. The van der Waals surface area contributed by atoms with Crippen LogP contribution in [-0.4, -0.2) is 6.61 Å². The number of para-hydroxylation sites is 1. The fourth-order valence-corrected chi connectivity index (χ4v) is 1.49. The molecule has 1 heterocycles. The first kappa shape index (κ1) is 10.2. The molecule has 80 valence electrons. The van der Waals surface area contributed by atoms with Gasteiger partial charge in [-0.3, -0.25) is 5.41 Å². The van der Waals surface area contributed by atoms with Crippen molar-refractivity contribution in [3.8, 4) is 11.8 Å². The molecule has 1 aromatic carbocycles. The van der Waals surface area contributed by atoms with Gasteiger partial charge in [-0.25, -0.2) is 0 Å². The number of nitrogens with zero attached hydrogens (tertiary/aromatic N) is 1. The van der Waals surface area contributed by atoms with E-state index in [1.54, 1.807) is 12.1 Å². The van der Waals surface area contributed by atoms with Crippen molar-refractivity contribution in [3.63, 3.8) is 0 Å². The number of benzene rings is 1. The molecule has 0 spiro atoms. The predicted molar refractivity (Wildman–Crippen MR) is 58.0 cm³/mol. The van der Waals surface area contributed by atoms with Gasteiger partial charge in [0.1, 0.15) is 11.6 Å². The zero-order chi connectivity index (χ0) is 11.5. The fraction of sp³-hybridized carbons (Fsp3) is 0.167. The van der Waals surface area contributed by atoms with Crippen LogP contribution in [0.25, 0.3) is 11.0 Å². The molecular formula is C12H10N2O2. The normalized spacial score (nSPS) is 10.0. The van der Waals surface area contributed by atoms with Gasteiger partial charge in [-0.1, -0.05) is 12.1 Å². The first-order valence-electron chi connectivity index (χ1n) is 4.90. The highest BCUT2D eigenvalue weighted by Crippen LogP contribution is 2.24. The minimum absolute atomic E-state index is 0.137. The summed E-state index contributed by atoms with van der Waals surface area (Å²) in [5.41, 5.74) is 0.594. The molecule has 16 heavy (non-hydrogen) atoms. The molecule has 0 amide bonds. The first-order valence-corrected chi connectivity index (χ1v) is 4.90. The van der Waals surface area contributed by atoms with E-state index in [9.17, 15) is 0 Å². The van der Waals surface area contributed by atoms with Crippen LogP contribution in [0.1, 0.15) is 12.5 Å². The Morgan fingerprint density at radius 1 is 1.50 bits per heavy atom. The van der Waals surface area contributed by atoms with Crippen LogP contribution in [0.2, 0.25) is 0 Å². The van der Waals surface area contributed by atoms with Gasteiger partial charge < -0.3 is 9.15 Å². The Morgan fingerprint density at radius 3 is 3.00 bits per heavy atom. The number of hydrogen-bond acceptors (Lipinski definition) is 4. The Hall–Kier alpha value is -2.28. The molecule has 0 aliphatic rings. The molecule has 0 saturated carbocycles. The number of ether oxygens (including phenoxy) is 1. The zero-order valence-electron chi connectivity index (χ0n) is 8.78. The average molecular weight is 214 g/mol. The third kappa shape index (κ3) is 1.63. The van der Waals surface area contributed by atoms with Gasteiger partial charge in [-0.05, 0) is 19.1 Å². The van der Waals surface area contributed by atoms with E-state index < -0.39 is 0 Å². The molecule has 0 saturated heterocycles. The van der Waals surface area contributed by atoms with Crippen molar-refractivity contribution in [1.29, 1.82) is 10.7 Å². The van der Waals surface area contributed by atoms with E-state index in [0.717, 1.165) is 5.39 Å². The molecule has 1 N–H and O–H groups in total. The molecule has 0 aliphatic carbocycles. The summed E-state index contributed by atoms with van der Waals surface area (Å²) < 4.78 is 10.7. The number of hydrogen-bond donors (Lipinski definition) is 1. The lowest BCUT2D eigenvalue weighted by Gasteiger charge is -2.05. The molecular weight excluding hydrogens is 204 g/mol. The maximum absolute atomic E-state index is 8.79. The topological polar surface area (TPSA) is 70.0 Å². The Balaban J connectivity index is 2.76. The summed E-state index contributed by atoms with van der Waals surface area (Å²) in [5, 5.41) is 17.1. The number of nitriles is 1. The molecule has 2 aromatic rings. The van der Waals surface area contributed by atoms with Crippen LogP contribution in [0.5, 0.6) is 5.75 Å². The van der Waals surface area contributed by atoms with Crippen LogP contribution < -0.4 is 10.3 Å². The van der Waals surface area contributed by atoms with Crippen molar-refractivity contribution < 1.29 is 9.15 Å². The van der Waals surface area contributed by atoms with Gasteiger partial charge in [0.15, 0.2) is 11.3 Å². The smallest absolute Gasteiger partial charge is 0.230 e. The van der Waals surface area contributed by atoms with Gasteiger partial charge in [-0.2, -0.15) is 5.26 Å². The highest BCUT2D eigenvalue weighted by Gasteiger charge is 2.06. The van der Waals surface area contributed by atoms with Crippen molar-refractivity contribution in [2.24, 2.45) is 0 Å². The minimum Gasteiger partial charge on any atom is -0.490 e. The quantitative estimate of drug-likeness (QED) is 0.832. The van der Waals surface area contributed by atoms with Crippen LogP contribution in [-0.2, 0) is 0 Å². The number of fused-ring (bicyclic) bond motifs is 1. The molecule has 0 aliphatic heterocycles. The number of rotatable bonds is 2. The Morgan fingerprint density at radius 2 is 2.31 bits per heavy atom. The van der Waals surface area contributed by atoms with E-state index in [4.69, 9.17) is 19.8 Å². The summed E-state index contributed by atoms with van der Waals surface area (Å²) in [4.78, 5) is 0. The minimum atomic E-state index is -0.137. The van der Waals surface area contributed by atoms with Crippen molar-refractivity contribution in [1.82, 2.24) is 0 Å². The van der Waals surface area contributed by atoms with Gasteiger partial charge >= 0.3 is 0 Å². The summed E-state index contributed by atoms with van der Waals surface area (Å²) in [7, 11) is 0. The van der Waals surface area contributed by atoms with Crippen LogP contribution in [0.3, 0.4) is 0 Å². The molecule has 4 nitrogen and oxygen atoms in total. The largest absolute Gasteiger partial charge is 0.490 e. The monoisotopic (exact) mass is 214 g/mol. The van der Waals surface area contributed by atoms with Gasteiger partial charge in [0.05, 0.1) is 6.61 Å². The SMILES string of the molecule is CCOc1cccc2cc(C#N)c(=N)oc12. The van der Waals surface area contributed by atoms with Crippen molar-refractivity contribution in [2.45, 2.75) is 6.92 Å². The molecule has 1 aromatic heterocycles. The Bertz CT molecular complexity index is 623. The molecule has 0 unspecified atom stereocenters.